The van der Waals surface area contributed by atoms with Gasteiger partial charge in [-0.3, -0.25) is 0 Å². The van der Waals surface area contributed by atoms with Crippen molar-refractivity contribution in [2.75, 3.05) is 0 Å². The summed E-state index contributed by atoms with van der Waals surface area (Å²) in [6.45, 7) is 13.1. The van der Waals surface area contributed by atoms with Crippen molar-refractivity contribution in [1.82, 2.24) is 0 Å². The van der Waals surface area contributed by atoms with E-state index in [2.05, 4.69) is 34.6 Å². The van der Waals surface area contributed by atoms with Crippen LogP contribution in [0.2, 0.25) is 0 Å². The zero-order valence-corrected chi connectivity index (χ0v) is 17.2. The Morgan fingerprint density at radius 2 is 1.38 bits per heavy atom. The normalized spacial score (nSPS) is 54.1. The average molecular weight is 331 g/mol. The molecule has 0 heterocycles. The molecule has 0 radical (unpaired) electrons. The zero-order chi connectivity index (χ0) is 17.2. The standard InChI is InChI=1S/C24H42/c1-17-7-6-8-20-19-10-9-18-11-13-22(2,3)15-16-24(18,5)21(19)12-14-23(17,20)4/h17-21H,6-16H2,1-5H3/t17-,18?,19+,20+,21+,23-,24+/m1/s1. The van der Waals surface area contributed by atoms with Gasteiger partial charge in [0.05, 0.1) is 0 Å². The van der Waals surface area contributed by atoms with Gasteiger partial charge < -0.3 is 0 Å². The Morgan fingerprint density at radius 1 is 0.625 bits per heavy atom. The van der Waals surface area contributed by atoms with E-state index >= 15 is 0 Å². The van der Waals surface area contributed by atoms with Gasteiger partial charge in [-0.05, 0) is 104 Å². The van der Waals surface area contributed by atoms with E-state index in [4.69, 9.17) is 0 Å². The van der Waals surface area contributed by atoms with Crippen molar-refractivity contribution in [1.29, 1.82) is 0 Å². The molecule has 0 amide bonds. The first kappa shape index (κ1) is 17.4. The summed E-state index contributed by atoms with van der Waals surface area (Å²) in [7, 11) is 0. The molecular weight excluding hydrogens is 288 g/mol. The third-order valence-corrected chi connectivity index (χ3v) is 10.3. The third-order valence-electron chi connectivity index (χ3n) is 10.3. The van der Waals surface area contributed by atoms with Gasteiger partial charge in [0, 0.05) is 0 Å². The van der Waals surface area contributed by atoms with Gasteiger partial charge in [-0.15, -0.1) is 0 Å². The van der Waals surface area contributed by atoms with Crippen molar-refractivity contribution in [2.24, 2.45) is 45.8 Å². The van der Waals surface area contributed by atoms with Crippen LogP contribution in [0.3, 0.4) is 0 Å². The molecule has 7 atom stereocenters. The molecule has 0 aliphatic heterocycles. The number of hydrogen-bond acceptors (Lipinski definition) is 0. The molecule has 0 aromatic heterocycles. The lowest BCUT2D eigenvalue weighted by Gasteiger charge is -2.62. The van der Waals surface area contributed by atoms with E-state index in [-0.39, 0.29) is 0 Å². The van der Waals surface area contributed by atoms with Crippen LogP contribution in [0.5, 0.6) is 0 Å². The van der Waals surface area contributed by atoms with Crippen LogP contribution in [0.15, 0.2) is 0 Å². The second-order valence-corrected chi connectivity index (χ2v) is 11.7. The molecule has 138 valence electrons. The van der Waals surface area contributed by atoms with Crippen LogP contribution in [-0.2, 0) is 0 Å². The summed E-state index contributed by atoms with van der Waals surface area (Å²) < 4.78 is 0. The Morgan fingerprint density at radius 3 is 2.17 bits per heavy atom. The highest BCUT2D eigenvalue weighted by Crippen LogP contribution is 2.66. The molecule has 0 spiro atoms. The lowest BCUT2D eigenvalue weighted by Crippen LogP contribution is -2.54. The maximum absolute atomic E-state index is 2.74. The Bertz CT molecular complexity index is 476. The summed E-state index contributed by atoms with van der Waals surface area (Å²) in [6, 6.07) is 0. The van der Waals surface area contributed by atoms with Crippen molar-refractivity contribution in [2.45, 2.75) is 105 Å². The van der Waals surface area contributed by atoms with Gasteiger partial charge >= 0.3 is 0 Å². The predicted octanol–water partition coefficient (Wildman–Crippen LogP) is 7.47. The molecule has 4 rings (SSSR count). The lowest BCUT2D eigenvalue weighted by atomic mass is 9.43. The molecule has 0 aromatic carbocycles. The van der Waals surface area contributed by atoms with E-state index in [1.807, 2.05) is 0 Å². The minimum Gasteiger partial charge on any atom is -0.0620 e. The van der Waals surface area contributed by atoms with Crippen LogP contribution in [0.25, 0.3) is 0 Å². The van der Waals surface area contributed by atoms with Crippen LogP contribution in [0.4, 0.5) is 0 Å². The molecule has 0 saturated heterocycles. The maximum atomic E-state index is 2.74. The molecule has 0 bridgehead atoms. The van der Waals surface area contributed by atoms with Gasteiger partial charge in [0.2, 0.25) is 0 Å². The second kappa shape index (κ2) is 5.75. The van der Waals surface area contributed by atoms with Crippen molar-refractivity contribution < 1.29 is 0 Å². The van der Waals surface area contributed by atoms with Crippen LogP contribution >= 0.6 is 0 Å². The fraction of sp³-hybridized carbons (Fsp3) is 1.00. The first-order valence-corrected chi connectivity index (χ1v) is 11.3. The molecule has 4 aliphatic carbocycles. The molecule has 0 nitrogen and oxygen atoms in total. The monoisotopic (exact) mass is 330 g/mol. The summed E-state index contributed by atoms with van der Waals surface area (Å²) >= 11 is 0. The summed E-state index contributed by atoms with van der Waals surface area (Å²) in [5, 5.41) is 0. The molecule has 4 aliphatic rings. The lowest BCUT2D eigenvalue weighted by molar-refractivity contribution is -0.129. The van der Waals surface area contributed by atoms with E-state index in [0.29, 0.717) is 16.2 Å². The van der Waals surface area contributed by atoms with Gasteiger partial charge in [0.1, 0.15) is 0 Å². The van der Waals surface area contributed by atoms with Gasteiger partial charge in [-0.1, -0.05) is 47.5 Å². The topological polar surface area (TPSA) is 0 Å². The van der Waals surface area contributed by atoms with Gasteiger partial charge in [0.25, 0.3) is 0 Å². The number of hydrogen-bond donors (Lipinski definition) is 0. The Kier molecular flexibility index (Phi) is 4.17. The number of fused-ring (bicyclic) bond motifs is 5. The van der Waals surface area contributed by atoms with Crippen molar-refractivity contribution in [3.8, 4) is 0 Å². The van der Waals surface area contributed by atoms with Crippen LogP contribution < -0.4 is 0 Å². The highest BCUT2D eigenvalue weighted by Gasteiger charge is 2.57. The van der Waals surface area contributed by atoms with Crippen molar-refractivity contribution >= 4 is 0 Å². The van der Waals surface area contributed by atoms with Crippen LogP contribution in [-0.4, -0.2) is 0 Å². The largest absolute Gasteiger partial charge is 0.0620 e. The average Bonchev–Trinajstić information content (AvgIpc) is 2.65. The highest BCUT2D eigenvalue weighted by molar-refractivity contribution is 5.07. The molecule has 0 heteroatoms. The first-order valence-electron chi connectivity index (χ1n) is 11.3. The fourth-order valence-electron chi connectivity index (χ4n) is 8.17. The smallest absolute Gasteiger partial charge is 0.0266 e. The Balaban J connectivity index is 1.62. The molecule has 0 N–H and O–H groups in total. The molecule has 24 heavy (non-hydrogen) atoms. The van der Waals surface area contributed by atoms with E-state index in [1.54, 1.807) is 25.7 Å². The van der Waals surface area contributed by atoms with E-state index in [1.165, 1.54) is 44.9 Å². The van der Waals surface area contributed by atoms with E-state index in [0.717, 1.165) is 29.6 Å². The number of rotatable bonds is 0. The minimum absolute atomic E-state index is 0.596. The summed E-state index contributed by atoms with van der Waals surface area (Å²) in [4.78, 5) is 0. The van der Waals surface area contributed by atoms with Gasteiger partial charge in [0.15, 0.2) is 0 Å². The van der Waals surface area contributed by atoms with Crippen molar-refractivity contribution in [3.63, 3.8) is 0 Å². The molecule has 4 fully saturated rings. The zero-order valence-electron chi connectivity index (χ0n) is 17.2. The quantitative estimate of drug-likeness (QED) is 0.432. The maximum Gasteiger partial charge on any atom is -0.0266 e. The highest BCUT2D eigenvalue weighted by atomic mass is 14.6. The van der Waals surface area contributed by atoms with Crippen LogP contribution in [0, 0.1) is 45.8 Å². The van der Waals surface area contributed by atoms with Gasteiger partial charge in [-0.25, -0.2) is 0 Å². The predicted molar refractivity (Wildman–Crippen MR) is 104 cm³/mol. The molecule has 1 unspecified atom stereocenters. The molecule has 4 saturated carbocycles. The summed E-state index contributed by atoms with van der Waals surface area (Å²) in [5.41, 5.74) is 1.93. The Labute approximate surface area is 151 Å². The van der Waals surface area contributed by atoms with E-state index < -0.39 is 0 Å². The first-order chi connectivity index (χ1) is 11.3. The molecular formula is C24H42. The van der Waals surface area contributed by atoms with Crippen LogP contribution in [0.1, 0.15) is 105 Å². The van der Waals surface area contributed by atoms with Crippen molar-refractivity contribution in [3.05, 3.63) is 0 Å². The SMILES string of the molecule is C[C@@H]1CCC[C@H]2[C@@H]3CCC4CCC(C)(C)CC[C@]4(C)[C@H]3CC[C@]12C. The summed E-state index contributed by atoms with van der Waals surface area (Å²) in [5.74, 6) is 5.17. The fourth-order valence-corrected chi connectivity index (χ4v) is 8.17. The third kappa shape index (κ3) is 2.52. The Hall–Kier alpha value is 0. The minimum atomic E-state index is 0.596. The second-order valence-electron chi connectivity index (χ2n) is 11.7. The van der Waals surface area contributed by atoms with E-state index in [9.17, 15) is 0 Å². The molecule has 0 aromatic rings. The summed E-state index contributed by atoms with van der Waals surface area (Å²) in [6.07, 6.45) is 16.7. The van der Waals surface area contributed by atoms with Gasteiger partial charge in [-0.2, -0.15) is 0 Å².